The summed E-state index contributed by atoms with van der Waals surface area (Å²) in [6.07, 6.45) is 4.14. The van der Waals surface area contributed by atoms with E-state index in [1.54, 1.807) is 30.3 Å². The summed E-state index contributed by atoms with van der Waals surface area (Å²) in [5.74, 6) is -1.59. The zero-order chi connectivity index (χ0) is 19.8. The Bertz CT molecular complexity index is 1090. The van der Waals surface area contributed by atoms with Crippen LogP contribution in [0.1, 0.15) is 17.2 Å². The summed E-state index contributed by atoms with van der Waals surface area (Å²) in [6, 6.07) is 4.11. The normalized spacial score (nSPS) is 21.6. The van der Waals surface area contributed by atoms with Crippen LogP contribution in [0, 0.1) is 10.1 Å². The van der Waals surface area contributed by atoms with E-state index in [0.29, 0.717) is 11.6 Å². The van der Waals surface area contributed by atoms with E-state index in [1.165, 1.54) is 6.08 Å². The van der Waals surface area contributed by atoms with E-state index < -0.39 is 49.3 Å². The van der Waals surface area contributed by atoms with Crippen LogP contribution in [0.3, 0.4) is 0 Å². The third-order valence-electron chi connectivity index (χ3n) is 3.90. The Morgan fingerprint density at radius 2 is 1.79 bits per heavy atom. The summed E-state index contributed by atoms with van der Waals surface area (Å²) in [5.41, 5.74) is 0.513. The zero-order valence-corrected chi connectivity index (χ0v) is 15.9. The van der Waals surface area contributed by atoms with Gasteiger partial charge in [-0.2, -0.15) is 18.6 Å². The van der Waals surface area contributed by atoms with Crippen LogP contribution in [-0.4, -0.2) is 35.5 Å². The number of Topliss-reactive ketones (excluding diaryl/α,β-unsaturated/α-hetero) is 1. The maximum absolute atomic E-state index is 12.2. The van der Waals surface area contributed by atoms with Crippen LogP contribution in [0.15, 0.2) is 63.3 Å². The number of nitro groups is 1. The molecule has 3 rings (SSSR count). The summed E-state index contributed by atoms with van der Waals surface area (Å²) >= 11 is 0. The van der Waals surface area contributed by atoms with Gasteiger partial charge in [0.2, 0.25) is 5.78 Å². The number of fused-ring (bicyclic) bond motifs is 1. The van der Waals surface area contributed by atoms with Crippen molar-refractivity contribution in [1.82, 2.24) is 0 Å². The molecule has 12 heteroatoms. The summed E-state index contributed by atoms with van der Waals surface area (Å²) in [7, 11) is -4.99. The van der Waals surface area contributed by atoms with Crippen LogP contribution >= 0.6 is 0 Å². The second kappa shape index (κ2) is 8.07. The first-order chi connectivity index (χ1) is 12.7. The molecule has 2 unspecified atom stereocenters. The molecule has 0 saturated heterocycles. The van der Waals surface area contributed by atoms with E-state index in [0.717, 1.165) is 11.6 Å². The van der Waals surface area contributed by atoms with E-state index in [1.807, 2.05) is 0 Å². The van der Waals surface area contributed by atoms with Crippen LogP contribution in [0.25, 0.3) is 6.08 Å². The number of ketones is 2. The molecule has 144 valence electrons. The summed E-state index contributed by atoms with van der Waals surface area (Å²) < 4.78 is 31.7. The van der Waals surface area contributed by atoms with E-state index in [4.69, 9.17) is 4.55 Å². The predicted octanol–water partition coefficient (Wildman–Crippen LogP) is 1.66. The van der Waals surface area contributed by atoms with Crippen molar-refractivity contribution in [3.8, 4) is 0 Å². The average molecular weight is 441 g/mol. The van der Waals surface area contributed by atoms with Gasteiger partial charge in [0.1, 0.15) is 4.91 Å². The van der Waals surface area contributed by atoms with Gasteiger partial charge in [-0.25, -0.2) is 0 Å². The first-order valence-corrected chi connectivity index (χ1v) is 8.93. The van der Waals surface area contributed by atoms with E-state index >= 15 is 0 Å². The summed E-state index contributed by atoms with van der Waals surface area (Å²) in [4.78, 5) is 33.2. The average Bonchev–Trinajstić information content (AvgIpc) is 2.60. The van der Waals surface area contributed by atoms with Crippen LogP contribution in [-0.2, 0) is 37.1 Å². The standard InChI is InChI=1S/C16H11N3O7S.Cr/c20-13-6-5-9-3-1-2-4-11(9)15(13)18-17-12-7-10(19(22)23)8-14(16(12)21)27(24,25)26;/h1-8,12,15H,(H,24,25,26);. The molecule has 0 spiro atoms. The number of hydrogen-bond donors (Lipinski definition) is 1. The maximum Gasteiger partial charge on any atom is 0.298 e. The van der Waals surface area contributed by atoms with E-state index in [9.17, 15) is 28.1 Å². The number of azo groups is 1. The molecular formula is C16H11CrN3O7S. The minimum Gasteiger partial charge on any atom is -0.292 e. The molecule has 2 aliphatic carbocycles. The fourth-order valence-corrected chi connectivity index (χ4v) is 3.27. The molecule has 1 aromatic rings. The molecule has 1 N–H and O–H groups in total. The van der Waals surface area contributed by atoms with E-state index in [2.05, 4.69) is 10.2 Å². The Labute approximate surface area is 169 Å². The molecule has 10 nitrogen and oxygen atoms in total. The van der Waals surface area contributed by atoms with Gasteiger partial charge < -0.3 is 0 Å². The zero-order valence-electron chi connectivity index (χ0n) is 13.8. The molecule has 0 aliphatic heterocycles. The molecule has 2 aliphatic rings. The Morgan fingerprint density at radius 3 is 2.43 bits per heavy atom. The van der Waals surface area contributed by atoms with Gasteiger partial charge in [-0.3, -0.25) is 24.3 Å². The number of carbonyl (C=O) groups is 2. The fraction of sp³-hybridized carbons (Fsp3) is 0.125. The largest absolute Gasteiger partial charge is 0.298 e. The topological polar surface area (TPSA) is 156 Å². The molecular weight excluding hydrogens is 430 g/mol. The van der Waals surface area contributed by atoms with Crippen LogP contribution in [0.4, 0.5) is 0 Å². The van der Waals surface area contributed by atoms with Gasteiger partial charge in [0.15, 0.2) is 17.9 Å². The molecule has 1 aromatic carbocycles. The van der Waals surface area contributed by atoms with Crippen molar-refractivity contribution in [3.63, 3.8) is 0 Å². The molecule has 0 radical (unpaired) electrons. The number of carbonyl (C=O) groups excluding carboxylic acids is 2. The monoisotopic (exact) mass is 441 g/mol. The maximum atomic E-state index is 12.2. The molecule has 0 heterocycles. The van der Waals surface area contributed by atoms with Crippen LogP contribution in [0.2, 0.25) is 0 Å². The molecule has 28 heavy (non-hydrogen) atoms. The van der Waals surface area contributed by atoms with Crippen molar-refractivity contribution in [3.05, 3.63) is 74.3 Å². The Hall–Kier alpha value is -2.78. The Balaban J connectivity index is 0.00000280. The quantitative estimate of drug-likeness (QED) is 0.322. The number of hydrogen-bond acceptors (Lipinski definition) is 8. The first kappa shape index (κ1) is 21.5. The SMILES string of the molecule is O=C1C(S(=O)(=O)O)=CC([N+](=O)[O-])=CC1N=NC1C(=O)C=Cc2ccccc21.[Cr]. The number of allylic oxidation sites excluding steroid dienone is 1. The molecule has 0 amide bonds. The van der Waals surface area contributed by atoms with Gasteiger partial charge in [0, 0.05) is 29.5 Å². The van der Waals surface area contributed by atoms with E-state index in [-0.39, 0.29) is 17.4 Å². The molecule has 0 saturated carbocycles. The third-order valence-corrected chi connectivity index (χ3v) is 4.78. The minimum atomic E-state index is -4.99. The number of benzene rings is 1. The minimum absolute atomic E-state index is 0. The molecule has 0 fully saturated rings. The Kier molecular flexibility index (Phi) is 6.21. The first-order valence-electron chi connectivity index (χ1n) is 7.49. The summed E-state index contributed by atoms with van der Waals surface area (Å²) in [6.45, 7) is 0. The van der Waals surface area contributed by atoms with Gasteiger partial charge in [-0.15, -0.1) is 0 Å². The smallest absolute Gasteiger partial charge is 0.292 e. The third kappa shape index (κ3) is 4.21. The number of rotatable bonds is 4. The van der Waals surface area contributed by atoms with Crippen LogP contribution in [0.5, 0.6) is 0 Å². The second-order valence-electron chi connectivity index (χ2n) is 5.64. The second-order valence-corrected chi connectivity index (χ2v) is 7.03. The van der Waals surface area contributed by atoms with Crippen molar-refractivity contribution < 1.29 is 44.8 Å². The van der Waals surface area contributed by atoms with Crippen molar-refractivity contribution in [2.45, 2.75) is 12.1 Å². The van der Waals surface area contributed by atoms with Crippen molar-refractivity contribution >= 4 is 27.8 Å². The molecule has 0 bridgehead atoms. The van der Waals surface area contributed by atoms with Crippen LogP contribution < -0.4 is 0 Å². The predicted molar refractivity (Wildman–Crippen MR) is 91.6 cm³/mol. The number of nitrogens with zero attached hydrogens (tertiary/aromatic N) is 3. The fourth-order valence-electron chi connectivity index (χ4n) is 2.62. The van der Waals surface area contributed by atoms with Gasteiger partial charge in [-0.05, 0) is 17.2 Å². The van der Waals surface area contributed by atoms with Gasteiger partial charge in [-0.1, -0.05) is 30.3 Å². The molecule has 0 aromatic heterocycles. The molecule has 2 atom stereocenters. The Morgan fingerprint density at radius 1 is 1.11 bits per heavy atom. The van der Waals surface area contributed by atoms with Crippen molar-refractivity contribution in [2.75, 3.05) is 0 Å². The van der Waals surface area contributed by atoms with Gasteiger partial charge >= 0.3 is 0 Å². The van der Waals surface area contributed by atoms with Crippen molar-refractivity contribution in [1.29, 1.82) is 0 Å². The summed E-state index contributed by atoms with van der Waals surface area (Å²) in [5, 5.41) is 18.4. The van der Waals surface area contributed by atoms with Gasteiger partial charge in [0.05, 0.1) is 4.92 Å². The van der Waals surface area contributed by atoms with Gasteiger partial charge in [0.25, 0.3) is 15.8 Å². The van der Waals surface area contributed by atoms with Crippen molar-refractivity contribution in [2.24, 2.45) is 10.2 Å².